The molecule has 0 amide bonds. The van der Waals surface area contributed by atoms with Crippen LogP contribution in [0, 0.1) is 6.92 Å². The molecule has 0 fully saturated rings. The number of benzene rings is 2. The number of para-hydroxylation sites is 1. The lowest BCUT2D eigenvalue weighted by Crippen LogP contribution is -2.30. The molecule has 0 radical (unpaired) electrons. The Balaban J connectivity index is 2.58. The average Bonchev–Trinajstić information content (AvgIpc) is 2.54. The van der Waals surface area contributed by atoms with E-state index in [0.717, 1.165) is 16.8 Å². The summed E-state index contributed by atoms with van der Waals surface area (Å²) in [5.41, 5.74) is 2.20. The maximum absolute atomic E-state index is 12.6. The summed E-state index contributed by atoms with van der Waals surface area (Å²) in [6, 6.07) is 9.28. The van der Waals surface area contributed by atoms with Crippen LogP contribution in [0.2, 0.25) is 5.02 Å². The fourth-order valence-corrected chi connectivity index (χ4v) is 3.49. The molecule has 0 aliphatic carbocycles. The first-order valence-electron chi connectivity index (χ1n) is 7.56. The Labute approximate surface area is 152 Å². The molecule has 0 spiro atoms. The summed E-state index contributed by atoms with van der Waals surface area (Å²) in [4.78, 5) is 27.3. The Kier molecular flexibility index (Phi) is 4.40. The lowest BCUT2D eigenvalue weighted by molar-refractivity contribution is 0.834. The number of aromatic amines is 1. The molecule has 0 atom stereocenters. The molecule has 24 heavy (non-hydrogen) atoms. The predicted octanol–water partition coefficient (Wildman–Crippen LogP) is 4.53. The Morgan fingerprint density at radius 3 is 2.54 bits per heavy atom. The first-order valence-corrected chi connectivity index (χ1v) is 8.73. The number of nitrogens with zero attached hydrogens (tertiary/aromatic N) is 1. The van der Waals surface area contributed by atoms with Crippen LogP contribution >= 0.6 is 27.5 Å². The molecule has 4 nitrogen and oxygen atoms in total. The van der Waals surface area contributed by atoms with E-state index in [9.17, 15) is 9.59 Å². The van der Waals surface area contributed by atoms with Crippen LogP contribution in [0.5, 0.6) is 0 Å². The van der Waals surface area contributed by atoms with Crippen molar-refractivity contribution in [2.45, 2.75) is 26.7 Å². The molecule has 0 bridgehead atoms. The second kappa shape index (κ2) is 6.22. The monoisotopic (exact) mass is 406 g/mol. The zero-order valence-electron chi connectivity index (χ0n) is 13.5. The van der Waals surface area contributed by atoms with Gasteiger partial charge < -0.3 is 0 Å². The summed E-state index contributed by atoms with van der Waals surface area (Å²) in [6.45, 7) is 5.97. The van der Waals surface area contributed by atoms with Gasteiger partial charge in [0.2, 0.25) is 0 Å². The SMILES string of the molecule is Cc1c(Br)c(Cl)cc2c(=O)[nH]c(=O)n(-c3ccccc3C(C)C)c12. The third-order valence-electron chi connectivity index (χ3n) is 4.11. The van der Waals surface area contributed by atoms with Gasteiger partial charge >= 0.3 is 5.69 Å². The number of hydrogen-bond donors (Lipinski definition) is 1. The van der Waals surface area contributed by atoms with Crippen molar-refractivity contribution in [1.82, 2.24) is 9.55 Å². The third kappa shape index (κ3) is 2.62. The van der Waals surface area contributed by atoms with Crippen LogP contribution in [0.1, 0.15) is 30.9 Å². The molecule has 1 N–H and O–H groups in total. The minimum Gasteiger partial charge on any atom is -0.273 e. The maximum Gasteiger partial charge on any atom is 0.333 e. The van der Waals surface area contributed by atoms with Crippen molar-refractivity contribution in [2.75, 3.05) is 0 Å². The summed E-state index contributed by atoms with van der Waals surface area (Å²) in [6.07, 6.45) is 0. The third-order valence-corrected chi connectivity index (χ3v) is 5.66. The van der Waals surface area contributed by atoms with Crippen LogP contribution in [-0.2, 0) is 0 Å². The van der Waals surface area contributed by atoms with Gasteiger partial charge in [0.25, 0.3) is 5.56 Å². The van der Waals surface area contributed by atoms with Gasteiger partial charge in [-0.05, 0) is 52.0 Å². The highest BCUT2D eigenvalue weighted by Gasteiger charge is 2.18. The number of aryl methyl sites for hydroxylation is 1. The Bertz CT molecular complexity index is 1070. The van der Waals surface area contributed by atoms with E-state index in [1.54, 1.807) is 10.6 Å². The summed E-state index contributed by atoms with van der Waals surface area (Å²) in [7, 11) is 0. The standard InChI is InChI=1S/C18H16BrClN2O2/c1-9(2)11-6-4-5-7-14(11)22-16-10(3)15(19)13(20)8-12(16)17(23)21-18(22)24/h4-9H,1-3H3,(H,21,23,24). The number of rotatable bonds is 2. The van der Waals surface area contributed by atoms with E-state index >= 15 is 0 Å². The topological polar surface area (TPSA) is 54.9 Å². The van der Waals surface area contributed by atoms with Gasteiger partial charge in [0.1, 0.15) is 0 Å². The largest absolute Gasteiger partial charge is 0.333 e. The molecular formula is C18H16BrClN2O2. The van der Waals surface area contributed by atoms with Gasteiger partial charge in [-0.25, -0.2) is 4.79 Å². The number of halogens is 2. The van der Waals surface area contributed by atoms with Crippen LogP contribution < -0.4 is 11.2 Å². The number of nitrogens with one attached hydrogen (secondary N) is 1. The molecule has 6 heteroatoms. The fraction of sp³-hybridized carbons (Fsp3) is 0.222. The zero-order chi connectivity index (χ0) is 17.6. The highest BCUT2D eigenvalue weighted by atomic mass is 79.9. The average molecular weight is 408 g/mol. The molecule has 124 valence electrons. The van der Waals surface area contributed by atoms with E-state index < -0.39 is 11.2 Å². The van der Waals surface area contributed by atoms with Gasteiger partial charge in [-0.1, -0.05) is 43.6 Å². The molecule has 0 aliphatic heterocycles. The first kappa shape index (κ1) is 17.0. The van der Waals surface area contributed by atoms with Crippen molar-refractivity contribution in [2.24, 2.45) is 0 Å². The highest BCUT2D eigenvalue weighted by molar-refractivity contribution is 9.10. The Hall–Kier alpha value is -1.85. The molecule has 1 heterocycles. The molecule has 3 aromatic rings. The van der Waals surface area contributed by atoms with Crippen molar-refractivity contribution < 1.29 is 0 Å². The molecule has 3 rings (SSSR count). The van der Waals surface area contributed by atoms with Crippen molar-refractivity contribution in [3.63, 3.8) is 0 Å². The lowest BCUT2D eigenvalue weighted by atomic mass is 10.0. The fourth-order valence-electron chi connectivity index (χ4n) is 2.94. The molecule has 2 aromatic carbocycles. The van der Waals surface area contributed by atoms with Gasteiger partial charge in [-0.15, -0.1) is 0 Å². The van der Waals surface area contributed by atoms with E-state index in [1.807, 2.05) is 31.2 Å². The van der Waals surface area contributed by atoms with Gasteiger partial charge in [0.15, 0.2) is 0 Å². The second-order valence-corrected chi connectivity index (χ2v) is 7.20. The Morgan fingerprint density at radius 1 is 1.21 bits per heavy atom. The lowest BCUT2D eigenvalue weighted by Gasteiger charge is -2.18. The van der Waals surface area contributed by atoms with Crippen LogP contribution in [0.3, 0.4) is 0 Å². The predicted molar refractivity (Wildman–Crippen MR) is 102 cm³/mol. The number of H-pyrrole nitrogens is 1. The van der Waals surface area contributed by atoms with Crippen LogP contribution in [0.4, 0.5) is 0 Å². The van der Waals surface area contributed by atoms with E-state index in [-0.39, 0.29) is 5.92 Å². The molecule has 0 saturated carbocycles. The van der Waals surface area contributed by atoms with Crippen molar-refractivity contribution in [1.29, 1.82) is 0 Å². The number of hydrogen-bond acceptors (Lipinski definition) is 2. The molecule has 0 unspecified atom stereocenters. The van der Waals surface area contributed by atoms with E-state index in [4.69, 9.17) is 11.6 Å². The van der Waals surface area contributed by atoms with Crippen LogP contribution in [0.25, 0.3) is 16.6 Å². The number of fused-ring (bicyclic) bond motifs is 1. The minimum atomic E-state index is -0.460. The minimum absolute atomic E-state index is 0.228. The summed E-state index contributed by atoms with van der Waals surface area (Å²) in [5.74, 6) is 0.228. The van der Waals surface area contributed by atoms with Crippen LogP contribution in [0.15, 0.2) is 44.4 Å². The quantitative estimate of drug-likeness (QED) is 0.679. The van der Waals surface area contributed by atoms with Crippen molar-refractivity contribution >= 4 is 38.4 Å². The van der Waals surface area contributed by atoms with E-state index in [2.05, 4.69) is 34.8 Å². The molecule has 0 aliphatic rings. The second-order valence-electron chi connectivity index (χ2n) is 6.00. The van der Waals surface area contributed by atoms with Crippen LogP contribution in [-0.4, -0.2) is 9.55 Å². The van der Waals surface area contributed by atoms with E-state index in [1.165, 1.54) is 0 Å². The normalized spacial score (nSPS) is 11.4. The summed E-state index contributed by atoms with van der Waals surface area (Å²) >= 11 is 9.64. The highest BCUT2D eigenvalue weighted by Crippen LogP contribution is 2.33. The van der Waals surface area contributed by atoms with Crippen molar-refractivity contribution in [3.05, 3.63) is 71.8 Å². The Morgan fingerprint density at radius 2 is 1.88 bits per heavy atom. The molecule has 1 aromatic heterocycles. The molecular weight excluding hydrogens is 392 g/mol. The van der Waals surface area contributed by atoms with Gasteiger partial charge in [0, 0.05) is 4.47 Å². The maximum atomic E-state index is 12.6. The zero-order valence-corrected chi connectivity index (χ0v) is 15.8. The van der Waals surface area contributed by atoms with E-state index in [0.29, 0.717) is 20.4 Å². The van der Waals surface area contributed by atoms with Gasteiger partial charge in [0.05, 0.1) is 21.6 Å². The van der Waals surface area contributed by atoms with Gasteiger partial charge in [-0.2, -0.15) is 0 Å². The first-order chi connectivity index (χ1) is 11.3. The van der Waals surface area contributed by atoms with Crippen molar-refractivity contribution in [3.8, 4) is 5.69 Å². The smallest absolute Gasteiger partial charge is 0.273 e. The molecule has 0 saturated heterocycles. The van der Waals surface area contributed by atoms with Gasteiger partial charge in [-0.3, -0.25) is 14.3 Å². The summed E-state index contributed by atoms with van der Waals surface area (Å²) < 4.78 is 2.24. The number of aromatic nitrogens is 2. The summed E-state index contributed by atoms with van der Waals surface area (Å²) in [5, 5.41) is 0.826.